The van der Waals surface area contributed by atoms with Crippen molar-refractivity contribution in [2.45, 2.75) is 26.3 Å². The molecule has 0 fully saturated rings. The number of hydrogen-bond acceptors (Lipinski definition) is 7. The van der Waals surface area contributed by atoms with Gasteiger partial charge in [0.25, 0.3) is 5.91 Å². The summed E-state index contributed by atoms with van der Waals surface area (Å²) < 4.78 is 48.6. The van der Waals surface area contributed by atoms with E-state index in [2.05, 4.69) is 25.3 Å². The zero-order valence-electron chi connectivity index (χ0n) is 19.8. The molecule has 1 atom stereocenters. The molecule has 0 saturated carbocycles. The number of pyridine rings is 1. The standard InChI is InChI=1S/C25H21F3N4O4S/c1-13(17-6-4-5-7-20(17)36-25(26,27)28)30-22(34)18-10-16(12-29-23(18)35-3)15-8-9-19-21(11-15)37-24(32-19)31-14(2)33/h4-13H,1-3H3,(H,30,34)(H,31,32,33). The van der Waals surface area contributed by atoms with E-state index in [9.17, 15) is 22.8 Å². The molecule has 2 aromatic carbocycles. The predicted molar refractivity (Wildman–Crippen MR) is 133 cm³/mol. The fourth-order valence-corrected chi connectivity index (χ4v) is 4.60. The van der Waals surface area contributed by atoms with Gasteiger partial charge in [0.05, 0.1) is 23.4 Å². The van der Waals surface area contributed by atoms with Gasteiger partial charge in [-0.05, 0) is 36.8 Å². The Hall–Kier alpha value is -4.19. The van der Waals surface area contributed by atoms with Crippen LogP contribution in [0.3, 0.4) is 0 Å². The summed E-state index contributed by atoms with van der Waals surface area (Å²) in [5, 5.41) is 5.81. The molecule has 0 radical (unpaired) electrons. The van der Waals surface area contributed by atoms with Gasteiger partial charge in [0.1, 0.15) is 11.3 Å². The second-order valence-corrected chi connectivity index (χ2v) is 8.97. The summed E-state index contributed by atoms with van der Waals surface area (Å²) in [5.74, 6) is -1.17. The van der Waals surface area contributed by atoms with Crippen molar-refractivity contribution in [3.63, 3.8) is 0 Å². The molecule has 0 saturated heterocycles. The fourth-order valence-electron chi connectivity index (χ4n) is 3.65. The van der Waals surface area contributed by atoms with E-state index in [4.69, 9.17) is 4.74 Å². The molecule has 2 N–H and O–H groups in total. The maximum atomic E-state index is 13.2. The van der Waals surface area contributed by atoms with Crippen LogP contribution in [-0.2, 0) is 4.79 Å². The lowest BCUT2D eigenvalue weighted by atomic mass is 10.0. The number of methoxy groups -OCH3 is 1. The summed E-state index contributed by atoms with van der Waals surface area (Å²) >= 11 is 1.30. The molecular formula is C25H21F3N4O4S. The number of nitrogens with one attached hydrogen (secondary N) is 2. The van der Waals surface area contributed by atoms with Crippen molar-refractivity contribution in [3.8, 4) is 22.8 Å². The minimum absolute atomic E-state index is 0.0556. The Morgan fingerprint density at radius 3 is 2.54 bits per heavy atom. The topological polar surface area (TPSA) is 102 Å². The van der Waals surface area contributed by atoms with Crippen molar-refractivity contribution in [2.75, 3.05) is 12.4 Å². The van der Waals surface area contributed by atoms with Gasteiger partial charge < -0.3 is 20.1 Å². The van der Waals surface area contributed by atoms with Crippen LogP contribution in [-0.4, -0.2) is 35.3 Å². The molecule has 0 aliphatic rings. The first-order chi connectivity index (χ1) is 17.5. The van der Waals surface area contributed by atoms with E-state index in [1.807, 2.05) is 6.07 Å². The molecule has 37 heavy (non-hydrogen) atoms. The van der Waals surface area contributed by atoms with Crippen LogP contribution in [0.25, 0.3) is 21.3 Å². The SMILES string of the molecule is COc1ncc(-c2ccc3nc(NC(C)=O)sc3c2)cc1C(=O)NC(C)c1ccccc1OC(F)(F)F. The fraction of sp³-hybridized carbons (Fsp3) is 0.200. The Bertz CT molecular complexity index is 1470. The summed E-state index contributed by atoms with van der Waals surface area (Å²) in [6, 6.07) is 11.8. The van der Waals surface area contributed by atoms with Crippen molar-refractivity contribution < 1.29 is 32.2 Å². The minimum atomic E-state index is -4.87. The monoisotopic (exact) mass is 530 g/mol. The lowest BCUT2D eigenvalue weighted by molar-refractivity contribution is -0.275. The average Bonchev–Trinajstić information content (AvgIpc) is 3.23. The van der Waals surface area contributed by atoms with E-state index < -0.39 is 24.1 Å². The molecule has 0 aliphatic carbocycles. The van der Waals surface area contributed by atoms with Crippen molar-refractivity contribution in [1.82, 2.24) is 15.3 Å². The van der Waals surface area contributed by atoms with Crippen LogP contribution in [0.15, 0.2) is 54.7 Å². The predicted octanol–water partition coefficient (Wildman–Crippen LogP) is 5.71. The zero-order valence-corrected chi connectivity index (χ0v) is 20.7. The number of anilines is 1. The van der Waals surface area contributed by atoms with Crippen LogP contribution >= 0.6 is 11.3 Å². The minimum Gasteiger partial charge on any atom is -0.480 e. The number of benzene rings is 2. The Kier molecular flexibility index (Phi) is 7.30. The van der Waals surface area contributed by atoms with Gasteiger partial charge in [-0.1, -0.05) is 35.6 Å². The van der Waals surface area contributed by atoms with Crippen LogP contribution in [0, 0.1) is 0 Å². The van der Waals surface area contributed by atoms with E-state index in [1.54, 1.807) is 37.4 Å². The van der Waals surface area contributed by atoms with Gasteiger partial charge in [-0.25, -0.2) is 9.97 Å². The molecule has 0 bridgehead atoms. The largest absolute Gasteiger partial charge is 0.573 e. The number of carbonyl (C=O) groups excluding carboxylic acids is 2. The number of rotatable bonds is 7. The normalized spacial score (nSPS) is 12.2. The van der Waals surface area contributed by atoms with Crippen LogP contribution in [0.4, 0.5) is 18.3 Å². The van der Waals surface area contributed by atoms with Gasteiger partial charge in [0, 0.05) is 24.2 Å². The van der Waals surface area contributed by atoms with E-state index in [-0.39, 0.29) is 22.9 Å². The molecule has 2 amide bonds. The molecule has 4 aromatic rings. The molecule has 8 nitrogen and oxygen atoms in total. The molecule has 1 unspecified atom stereocenters. The van der Waals surface area contributed by atoms with Crippen LogP contribution in [0.1, 0.15) is 35.8 Å². The quantitative estimate of drug-likeness (QED) is 0.317. The molecule has 0 spiro atoms. The third-order valence-corrected chi connectivity index (χ3v) is 6.19. The molecule has 0 aliphatic heterocycles. The Labute approximate surface area is 213 Å². The van der Waals surface area contributed by atoms with Gasteiger partial charge in [0.2, 0.25) is 11.8 Å². The van der Waals surface area contributed by atoms with Crippen LogP contribution < -0.4 is 20.1 Å². The van der Waals surface area contributed by atoms with E-state index in [1.165, 1.54) is 43.6 Å². The summed E-state index contributed by atoms with van der Waals surface area (Å²) in [6.45, 7) is 2.94. The van der Waals surface area contributed by atoms with Crippen molar-refractivity contribution in [1.29, 1.82) is 0 Å². The Balaban J connectivity index is 1.62. The third-order valence-electron chi connectivity index (χ3n) is 5.25. The number of halogens is 3. The number of para-hydroxylation sites is 1. The van der Waals surface area contributed by atoms with Gasteiger partial charge in [0.15, 0.2) is 5.13 Å². The lowest BCUT2D eigenvalue weighted by Gasteiger charge is -2.19. The van der Waals surface area contributed by atoms with Gasteiger partial charge in [-0.2, -0.15) is 0 Å². The average molecular weight is 531 g/mol. The van der Waals surface area contributed by atoms with Crippen molar-refractivity contribution >= 4 is 38.5 Å². The second kappa shape index (κ2) is 10.4. The zero-order chi connectivity index (χ0) is 26.7. The first-order valence-corrected chi connectivity index (χ1v) is 11.7. The highest BCUT2D eigenvalue weighted by Crippen LogP contribution is 2.33. The smallest absolute Gasteiger partial charge is 0.480 e. The Morgan fingerprint density at radius 1 is 1.08 bits per heavy atom. The number of carbonyl (C=O) groups is 2. The first kappa shape index (κ1) is 25.9. The third kappa shape index (κ3) is 6.15. The maximum Gasteiger partial charge on any atom is 0.573 e. The number of aromatic nitrogens is 2. The highest BCUT2D eigenvalue weighted by Gasteiger charge is 2.32. The van der Waals surface area contributed by atoms with Gasteiger partial charge >= 0.3 is 6.36 Å². The number of fused-ring (bicyclic) bond motifs is 1. The molecule has 12 heteroatoms. The van der Waals surface area contributed by atoms with Crippen molar-refractivity contribution in [3.05, 3.63) is 65.9 Å². The number of alkyl halides is 3. The molecular weight excluding hydrogens is 509 g/mol. The number of amides is 2. The van der Waals surface area contributed by atoms with Gasteiger partial charge in [-0.3, -0.25) is 9.59 Å². The van der Waals surface area contributed by atoms with Crippen molar-refractivity contribution in [2.24, 2.45) is 0 Å². The molecule has 2 heterocycles. The van der Waals surface area contributed by atoms with E-state index >= 15 is 0 Å². The highest BCUT2D eigenvalue weighted by molar-refractivity contribution is 7.22. The second-order valence-electron chi connectivity index (χ2n) is 7.94. The number of thiazole rings is 1. The summed E-state index contributed by atoms with van der Waals surface area (Å²) in [4.78, 5) is 33.1. The number of hydrogen-bond donors (Lipinski definition) is 2. The lowest BCUT2D eigenvalue weighted by Crippen LogP contribution is -2.28. The highest BCUT2D eigenvalue weighted by atomic mass is 32.1. The molecule has 4 rings (SSSR count). The van der Waals surface area contributed by atoms with Crippen LogP contribution in [0.2, 0.25) is 0 Å². The summed E-state index contributed by atoms with van der Waals surface area (Å²) in [7, 11) is 1.36. The Morgan fingerprint density at radius 2 is 1.84 bits per heavy atom. The van der Waals surface area contributed by atoms with Gasteiger partial charge in [-0.15, -0.1) is 13.2 Å². The number of nitrogens with zero attached hydrogens (tertiary/aromatic N) is 2. The maximum absolute atomic E-state index is 13.2. The molecule has 192 valence electrons. The van der Waals surface area contributed by atoms with Crippen LogP contribution in [0.5, 0.6) is 11.6 Å². The first-order valence-electron chi connectivity index (χ1n) is 10.9. The van der Waals surface area contributed by atoms with E-state index in [0.29, 0.717) is 16.2 Å². The van der Waals surface area contributed by atoms with E-state index in [0.717, 1.165) is 10.3 Å². The summed E-state index contributed by atoms with van der Waals surface area (Å²) in [6.07, 6.45) is -3.33. The number of ether oxygens (including phenoxy) is 2. The molecule has 2 aromatic heterocycles. The summed E-state index contributed by atoms with van der Waals surface area (Å²) in [5.41, 5.74) is 2.30.